The molecule has 2 amide bonds. The lowest BCUT2D eigenvalue weighted by atomic mass is 9.89. The Labute approximate surface area is 214 Å². The number of benzene rings is 3. The standard InChI is InChI=1S/C30H38N4O2/c31-17-4-5-18-32-19-6-7-20-33-21-8-9-22-34-29(35)26-14-10-13-25-24(23-11-2-1-3-12-23)15-16-27(28(25)26)30(34)36/h1-3,10-16,32-33H,4-9,17-22,31H2. The number of unbranched alkanes of at least 4 members (excludes halogenated alkanes) is 3. The fraction of sp³-hybridized carbons (Fsp3) is 0.400. The highest BCUT2D eigenvalue weighted by Crippen LogP contribution is 2.36. The third kappa shape index (κ3) is 6.19. The summed E-state index contributed by atoms with van der Waals surface area (Å²) < 4.78 is 0. The molecule has 36 heavy (non-hydrogen) atoms. The number of amides is 2. The van der Waals surface area contributed by atoms with Crippen molar-refractivity contribution in [1.82, 2.24) is 15.5 Å². The zero-order valence-corrected chi connectivity index (χ0v) is 21.1. The van der Waals surface area contributed by atoms with Gasteiger partial charge >= 0.3 is 0 Å². The van der Waals surface area contributed by atoms with Crippen molar-refractivity contribution in [3.8, 4) is 11.1 Å². The number of imide groups is 1. The monoisotopic (exact) mass is 486 g/mol. The summed E-state index contributed by atoms with van der Waals surface area (Å²) in [5.74, 6) is -0.370. The highest BCUT2D eigenvalue weighted by molar-refractivity contribution is 6.26. The lowest BCUT2D eigenvalue weighted by Crippen LogP contribution is -2.41. The molecule has 1 aliphatic rings. The smallest absolute Gasteiger partial charge is 0.261 e. The summed E-state index contributed by atoms with van der Waals surface area (Å²) in [7, 11) is 0. The van der Waals surface area contributed by atoms with Gasteiger partial charge in [0.15, 0.2) is 0 Å². The van der Waals surface area contributed by atoms with Crippen molar-refractivity contribution in [2.24, 2.45) is 5.73 Å². The van der Waals surface area contributed by atoms with Crippen LogP contribution in [0.3, 0.4) is 0 Å². The Morgan fingerprint density at radius 2 is 1.19 bits per heavy atom. The van der Waals surface area contributed by atoms with Gasteiger partial charge in [-0.3, -0.25) is 14.5 Å². The number of hydrogen-bond donors (Lipinski definition) is 3. The number of hydrogen-bond acceptors (Lipinski definition) is 5. The first-order valence-electron chi connectivity index (χ1n) is 13.3. The van der Waals surface area contributed by atoms with Crippen LogP contribution in [0.4, 0.5) is 0 Å². The number of nitrogens with one attached hydrogen (secondary N) is 2. The van der Waals surface area contributed by atoms with Crippen LogP contribution in [-0.4, -0.2) is 56.0 Å². The lowest BCUT2D eigenvalue weighted by molar-refractivity contribution is 0.0608. The van der Waals surface area contributed by atoms with E-state index in [2.05, 4.69) is 22.8 Å². The minimum absolute atomic E-state index is 0.185. The zero-order chi connectivity index (χ0) is 25.2. The summed E-state index contributed by atoms with van der Waals surface area (Å²) in [6.07, 6.45) is 6.24. The van der Waals surface area contributed by atoms with Gasteiger partial charge in [0.2, 0.25) is 0 Å². The molecular weight excluding hydrogens is 448 g/mol. The summed E-state index contributed by atoms with van der Waals surface area (Å²) in [4.78, 5) is 28.0. The SMILES string of the molecule is NCCCCNCCCCNCCCCN1C(=O)c2cccc3c(-c4ccccc4)ccc(c23)C1=O. The number of rotatable bonds is 15. The van der Waals surface area contributed by atoms with Crippen molar-refractivity contribution >= 4 is 22.6 Å². The molecular formula is C30H38N4O2. The summed E-state index contributed by atoms with van der Waals surface area (Å²) in [5, 5.41) is 8.66. The van der Waals surface area contributed by atoms with Gasteiger partial charge in [-0.05, 0) is 99.9 Å². The molecule has 0 unspecified atom stereocenters. The molecule has 0 bridgehead atoms. The molecule has 1 heterocycles. The van der Waals surface area contributed by atoms with E-state index < -0.39 is 0 Å². The average Bonchev–Trinajstić information content (AvgIpc) is 2.91. The van der Waals surface area contributed by atoms with E-state index in [1.165, 1.54) is 4.90 Å². The van der Waals surface area contributed by atoms with E-state index >= 15 is 0 Å². The van der Waals surface area contributed by atoms with Gasteiger partial charge in [0.05, 0.1) is 0 Å². The van der Waals surface area contributed by atoms with Crippen molar-refractivity contribution in [2.45, 2.75) is 38.5 Å². The van der Waals surface area contributed by atoms with Crippen molar-refractivity contribution < 1.29 is 9.59 Å². The van der Waals surface area contributed by atoms with Gasteiger partial charge in [0.1, 0.15) is 0 Å². The van der Waals surface area contributed by atoms with E-state index in [4.69, 9.17) is 5.73 Å². The van der Waals surface area contributed by atoms with Crippen LogP contribution >= 0.6 is 0 Å². The van der Waals surface area contributed by atoms with Crippen LogP contribution in [0.1, 0.15) is 59.2 Å². The van der Waals surface area contributed by atoms with E-state index in [9.17, 15) is 9.59 Å². The van der Waals surface area contributed by atoms with Crippen LogP contribution in [0.15, 0.2) is 60.7 Å². The molecule has 0 aromatic heterocycles. The van der Waals surface area contributed by atoms with Crippen molar-refractivity contribution in [2.75, 3.05) is 39.3 Å². The van der Waals surface area contributed by atoms with Gasteiger partial charge < -0.3 is 16.4 Å². The average molecular weight is 487 g/mol. The maximum Gasteiger partial charge on any atom is 0.261 e. The summed E-state index contributed by atoms with van der Waals surface area (Å²) in [6, 6.07) is 19.7. The first-order valence-corrected chi connectivity index (χ1v) is 13.3. The molecule has 0 radical (unpaired) electrons. The Balaban J connectivity index is 1.26. The second kappa shape index (κ2) is 13.3. The minimum atomic E-state index is -0.185. The summed E-state index contributed by atoms with van der Waals surface area (Å²) >= 11 is 0. The van der Waals surface area contributed by atoms with E-state index in [-0.39, 0.29) is 11.8 Å². The van der Waals surface area contributed by atoms with Gasteiger partial charge in [0, 0.05) is 23.1 Å². The van der Waals surface area contributed by atoms with E-state index in [0.717, 1.165) is 93.1 Å². The number of nitrogens with two attached hydrogens (primary N) is 1. The second-order valence-corrected chi connectivity index (χ2v) is 9.43. The van der Waals surface area contributed by atoms with Gasteiger partial charge in [-0.1, -0.05) is 48.5 Å². The molecule has 0 fully saturated rings. The fourth-order valence-corrected chi connectivity index (χ4v) is 4.88. The van der Waals surface area contributed by atoms with Gasteiger partial charge in [-0.25, -0.2) is 0 Å². The first-order chi connectivity index (χ1) is 17.7. The summed E-state index contributed by atoms with van der Waals surface area (Å²) in [5.41, 5.74) is 8.86. The number of carbonyl (C=O) groups is 2. The van der Waals surface area contributed by atoms with Crippen LogP contribution in [0.25, 0.3) is 21.9 Å². The lowest BCUT2D eigenvalue weighted by Gasteiger charge is -2.28. The number of nitrogens with zero attached hydrogens (tertiary/aromatic N) is 1. The van der Waals surface area contributed by atoms with Gasteiger partial charge in [-0.2, -0.15) is 0 Å². The van der Waals surface area contributed by atoms with Crippen molar-refractivity contribution in [3.05, 3.63) is 71.8 Å². The second-order valence-electron chi connectivity index (χ2n) is 9.43. The fourth-order valence-electron chi connectivity index (χ4n) is 4.88. The van der Waals surface area contributed by atoms with Crippen LogP contribution in [0.5, 0.6) is 0 Å². The van der Waals surface area contributed by atoms with Crippen molar-refractivity contribution in [3.63, 3.8) is 0 Å². The molecule has 0 aliphatic carbocycles. The number of carbonyl (C=O) groups excluding carboxylic acids is 2. The molecule has 1 aliphatic heterocycles. The van der Waals surface area contributed by atoms with Crippen LogP contribution in [0.2, 0.25) is 0 Å². The maximum absolute atomic E-state index is 13.3. The predicted molar refractivity (Wildman–Crippen MR) is 147 cm³/mol. The largest absolute Gasteiger partial charge is 0.330 e. The van der Waals surface area contributed by atoms with Gasteiger partial charge in [0.25, 0.3) is 11.8 Å². The quantitative estimate of drug-likeness (QED) is 0.216. The molecule has 0 saturated heterocycles. The van der Waals surface area contributed by atoms with Crippen molar-refractivity contribution in [1.29, 1.82) is 0 Å². The molecule has 6 nitrogen and oxygen atoms in total. The Kier molecular flexibility index (Phi) is 9.61. The van der Waals surface area contributed by atoms with Crippen LogP contribution in [-0.2, 0) is 0 Å². The third-order valence-electron chi connectivity index (χ3n) is 6.83. The van der Waals surface area contributed by atoms with Crippen LogP contribution in [0, 0.1) is 0 Å². The molecule has 4 N–H and O–H groups in total. The Hall–Kier alpha value is -3.06. The molecule has 0 atom stereocenters. The molecule has 0 saturated carbocycles. The minimum Gasteiger partial charge on any atom is -0.330 e. The predicted octanol–water partition coefficient (Wildman–Crippen LogP) is 4.58. The molecule has 4 rings (SSSR count). The first kappa shape index (κ1) is 26.0. The Morgan fingerprint density at radius 1 is 0.611 bits per heavy atom. The van der Waals surface area contributed by atoms with Gasteiger partial charge in [-0.15, -0.1) is 0 Å². The molecule has 190 valence electrons. The highest BCUT2D eigenvalue weighted by atomic mass is 16.2. The zero-order valence-electron chi connectivity index (χ0n) is 21.1. The topological polar surface area (TPSA) is 87.5 Å². The highest BCUT2D eigenvalue weighted by Gasteiger charge is 2.32. The molecule has 3 aromatic rings. The third-order valence-corrected chi connectivity index (χ3v) is 6.83. The van der Waals surface area contributed by atoms with E-state index in [1.54, 1.807) is 0 Å². The Bertz CT molecular complexity index is 1140. The Morgan fingerprint density at radius 3 is 1.86 bits per heavy atom. The molecule has 3 aromatic carbocycles. The van der Waals surface area contributed by atoms with E-state index in [0.29, 0.717) is 17.7 Å². The maximum atomic E-state index is 13.3. The van der Waals surface area contributed by atoms with E-state index in [1.807, 2.05) is 48.5 Å². The van der Waals surface area contributed by atoms with Crippen LogP contribution < -0.4 is 16.4 Å². The summed E-state index contributed by atoms with van der Waals surface area (Å²) in [6.45, 7) is 5.20. The molecule has 0 spiro atoms. The normalized spacial score (nSPS) is 13.1. The molecule has 6 heteroatoms.